The molecule has 2 rings (SSSR count). The van der Waals surface area contributed by atoms with Crippen LogP contribution in [0.5, 0.6) is 0 Å². The topological polar surface area (TPSA) is 54.2 Å². The van der Waals surface area contributed by atoms with E-state index in [0.717, 1.165) is 17.2 Å². The summed E-state index contributed by atoms with van der Waals surface area (Å²) in [6.45, 7) is 2.43. The van der Waals surface area contributed by atoms with Crippen molar-refractivity contribution in [2.24, 2.45) is 7.05 Å². The third-order valence-electron chi connectivity index (χ3n) is 2.94. The van der Waals surface area contributed by atoms with E-state index in [0.29, 0.717) is 6.54 Å². The zero-order valence-electron chi connectivity index (χ0n) is 10.9. The molecule has 0 saturated carbocycles. The fourth-order valence-corrected chi connectivity index (χ4v) is 1.71. The zero-order valence-corrected chi connectivity index (χ0v) is 10.9. The molecule has 0 radical (unpaired) electrons. The summed E-state index contributed by atoms with van der Waals surface area (Å²) in [6, 6.07) is 3.80. The van der Waals surface area contributed by atoms with Gasteiger partial charge in [0.2, 0.25) is 0 Å². The molecule has 0 aromatic carbocycles. The number of imidazole rings is 1. The van der Waals surface area contributed by atoms with Gasteiger partial charge in [0.25, 0.3) is 0 Å². The molecular formula is C13H18N4O. The third-order valence-corrected chi connectivity index (χ3v) is 2.94. The minimum absolute atomic E-state index is 0.480. The Balaban J connectivity index is 2.09. The van der Waals surface area contributed by atoms with Crippen molar-refractivity contribution in [3.63, 3.8) is 0 Å². The molecule has 2 heterocycles. The zero-order chi connectivity index (χ0) is 13.1. The van der Waals surface area contributed by atoms with Crippen LogP contribution in [0.4, 0.5) is 5.82 Å². The number of hydrogen-bond donors (Lipinski definition) is 1. The average Bonchev–Trinajstić information content (AvgIpc) is 2.75. The normalized spacial score (nSPS) is 12.4. The van der Waals surface area contributed by atoms with Gasteiger partial charge in [-0.25, -0.2) is 9.97 Å². The van der Waals surface area contributed by atoms with Crippen molar-refractivity contribution in [1.29, 1.82) is 0 Å². The maximum Gasteiger partial charge on any atom is 0.128 e. The van der Waals surface area contributed by atoms with Crippen LogP contribution in [0.3, 0.4) is 0 Å². The number of pyridine rings is 1. The van der Waals surface area contributed by atoms with E-state index in [9.17, 15) is 5.11 Å². The van der Waals surface area contributed by atoms with E-state index in [4.69, 9.17) is 0 Å². The van der Waals surface area contributed by atoms with Crippen molar-refractivity contribution >= 4 is 5.82 Å². The fourth-order valence-electron chi connectivity index (χ4n) is 1.71. The van der Waals surface area contributed by atoms with Crippen LogP contribution in [0.2, 0.25) is 0 Å². The number of rotatable bonds is 4. The Kier molecular flexibility index (Phi) is 3.62. The van der Waals surface area contributed by atoms with Crippen LogP contribution in [0.25, 0.3) is 0 Å². The van der Waals surface area contributed by atoms with Gasteiger partial charge in [0, 0.05) is 32.7 Å². The van der Waals surface area contributed by atoms with Crippen LogP contribution in [0, 0.1) is 0 Å². The molecule has 18 heavy (non-hydrogen) atoms. The largest absolute Gasteiger partial charge is 0.389 e. The molecule has 0 aliphatic rings. The van der Waals surface area contributed by atoms with Crippen molar-refractivity contribution in [1.82, 2.24) is 14.5 Å². The molecular weight excluding hydrogens is 228 g/mol. The van der Waals surface area contributed by atoms with E-state index in [1.807, 2.05) is 41.9 Å². The standard InChI is InChI=1S/C13H18N4O/c1-10(18)11-4-5-12(15-8-11)17(3)9-13-14-6-7-16(13)2/h4-8,10,18H,9H2,1-3H3/t10-/m0/s1. The summed E-state index contributed by atoms with van der Waals surface area (Å²) < 4.78 is 1.99. The molecule has 0 amide bonds. The molecule has 5 nitrogen and oxygen atoms in total. The van der Waals surface area contributed by atoms with Gasteiger partial charge in [0.15, 0.2) is 0 Å². The summed E-state index contributed by atoms with van der Waals surface area (Å²) in [7, 11) is 3.94. The first-order valence-corrected chi connectivity index (χ1v) is 5.89. The quantitative estimate of drug-likeness (QED) is 0.888. The van der Waals surface area contributed by atoms with Gasteiger partial charge in [-0.3, -0.25) is 0 Å². The van der Waals surface area contributed by atoms with Gasteiger partial charge in [0.1, 0.15) is 11.6 Å². The first kappa shape index (κ1) is 12.6. The lowest BCUT2D eigenvalue weighted by Crippen LogP contribution is -2.20. The highest BCUT2D eigenvalue weighted by Gasteiger charge is 2.08. The molecule has 2 aromatic heterocycles. The van der Waals surface area contributed by atoms with E-state index in [2.05, 4.69) is 9.97 Å². The minimum atomic E-state index is -0.480. The molecule has 0 aliphatic heterocycles. The predicted molar refractivity (Wildman–Crippen MR) is 70.2 cm³/mol. The molecule has 0 fully saturated rings. The van der Waals surface area contributed by atoms with Crippen LogP contribution in [-0.4, -0.2) is 26.7 Å². The number of aliphatic hydroxyl groups is 1. The monoisotopic (exact) mass is 246 g/mol. The lowest BCUT2D eigenvalue weighted by molar-refractivity contribution is 0.199. The van der Waals surface area contributed by atoms with Crippen molar-refractivity contribution in [2.45, 2.75) is 19.6 Å². The summed E-state index contributed by atoms with van der Waals surface area (Å²) in [5, 5.41) is 9.43. The van der Waals surface area contributed by atoms with Gasteiger partial charge in [-0.1, -0.05) is 6.07 Å². The van der Waals surface area contributed by atoms with Gasteiger partial charge in [-0.05, 0) is 18.6 Å². The summed E-state index contributed by atoms with van der Waals surface area (Å²) >= 11 is 0. The van der Waals surface area contributed by atoms with E-state index in [1.165, 1.54) is 0 Å². The Labute approximate surface area is 107 Å². The minimum Gasteiger partial charge on any atom is -0.389 e. The van der Waals surface area contributed by atoms with Gasteiger partial charge in [-0.2, -0.15) is 0 Å². The first-order chi connectivity index (χ1) is 8.58. The van der Waals surface area contributed by atoms with Crippen molar-refractivity contribution in [3.8, 4) is 0 Å². The maximum absolute atomic E-state index is 9.43. The van der Waals surface area contributed by atoms with Crippen molar-refractivity contribution in [2.75, 3.05) is 11.9 Å². The van der Waals surface area contributed by atoms with Crippen molar-refractivity contribution in [3.05, 3.63) is 42.1 Å². The molecule has 1 atom stereocenters. The van der Waals surface area contributed by atoms with E-state index in [1.54, 1.807) is 19.3 Å². The number of aromatic nitrogens is 3. The van der Waals surface area contributed by atoms with Gasteiger partial charge < -0.3 is 14.6 Å². The fraction of sp³-hybridized carbons (Fsp3) is 0.385. The van der Waals surface area contributed by atoms with Gasteiger partial charge >= 0.3 is 0 Å². The third kappa shape index (κ3) is 2.68. The lowest BCUT2D eigenvalue weighted by atomic mass is 10.2. The van der Waals surface area contributed by atoms with Crippen LogP contribution in [-0.2, 0) is 13.6 Å². The van der Waals surface area contributed by atoms with E-state index in [-0.39, 0.29) is 0 Å². The van der Waals surface area contributed by atoms with E-state index < -0.39 is 6.10 Å². The van der Waals surface area contributed by atoms with Crippen LogP contribution in [0.1, 0.15) is 24.4 Å². The molecule has 96 valence electrons. The van der Waals surface area contributed by atoms with Crippen LogP contribution >= 0.6 is 0 Å². The highest BCUT2D eigenvalue weighted by atomic mass is 16.3. The molecule has 0 spiro atoms. The number of hydrogen-bond acceptors (Lipinski definition) is 4. The number of aliphatic hydroxyl groups excluding tert-OH is 1. The Bertz CT molecular complexity index is 504. The van der Waals surface area contributed by atoms with E-state index >= 15 is 0 Å². The Hall–Kier alpha value is -1.88. The first-order valence-electron chi connectivity index (χ1n) is 5.89. The molecule has 0 unspecified atom stereocenters. The van der Waals surface area contributed by atoms with Crippen LogP contribution in [0.15, 0.2) is 30.7 Å². The number of nitrogens with zero attached hydrogens (tertiary/aromatic N) is 4. The lowest BCUT2D eigenvalue weighted by Gasteiger charge is -2.18. The Morgan fingerprint density at radius 1 is 1.39 bits per heavy atom. The SMILES string of the molecule is C[C@H](O)c1ccc(N(C)Cc2nccn2C)nc1. The second kappa shape index (κ2) is 5.18. The second-order valence-electron chi connectivity index (χ2n) is 4.44. The number of aryl methyl sites for hydroxylation is 1. The Morgan fingerprint density at radius 2 is 2.17 bits per heavy atom. The van der Waals surface area contributed by atoms with Crippen LogP contribution < -0.4 is 4.90 Å². The van der Waals surface area contributed by atoms with Gasteiger partial charge in [-0.15, -0.1) is 0 Å². The van der Waals surface area contributed by atoms with Crippen molar-refractivity contribution < 1.29 is 5.11 Å². The molecule has 1 N–H and O–H groups in total. The summed E-state index contributed by atoms with van der Waals surface area (Å²) in [5.74, 6) is 1.85. The summed E-state index contributed by atoms with van der Waals surface area (Å²) in [5.41, 5.74) is 0.823. The molecule has 0 aliphatic carbocycles. The van der Waals surface area contributed by atoms with Gasteiger partial charge in [0.05, 0.1) is 12.6 Å². The molecule has 2 aromatic rings. The smallest absolute Gasteiger partial charge is 0.128 e. The predicted octanol–water partition coefficient (Wildman–Crippen LogP) is 1.50. The highest BCUT2D eigenvalue weighted by molar-refractivity contribution is 5.38. The average molecular weight is 246 g/mol. The number of anilines is 1. The second-order valence-corrected chi connectivity index (χ2v) is 4.44. The summed E-state index contributed by atoms with van der Waals surface area (Å²) in [4.78, 5) is 10.6. The molecule has 5 heteroatoms. The molecule has 0 bridgehead atoms. The molecule has 0 saturated heterocycles. The highest BCUT2D eigenvalue weighted by Crippen LogP contribution is 2.16. The summed E-state index contributed by atoms with van der Waals surface area (Å²) in [6.07, 6.45) is 4.93. The maximum atomic E-state index is 9.43. The Morgan fingerprint density at radius 3 is 2.67 bits per heavy atom.